The van der Waals surface area contributed by atoms with Crippen LogP contribution in [0.2, 0.25) is 0 Å². The van der Waals surface area contributed by atoms with E-state index in [0.717, 1.165) is 11.3 Å². The second-order valence-electron chi connectivity index (χ2n) is 5.92. The van der Waals surface area contributed by atoms with Gasteiger partial charge in [-0.15, -0.1) is 0 Å². The lowest BCUT2D eigenvalue weighted by atomic mass is 10.1. The van der Waals surface area contributed by atoms with Crippen molar-refractivity contribution in [1.82, 2.24) is 5.32 Å². The lowest BCUT2D eigenvalue weighted by Gasteiger charge is -2.25. The summed E-state index contributed by atoms with van der Waals surface area (Å²) >= 11 is 0. The highest BCUT2D eigenvalue weighted by Crippen LogP contribution is 2.19. The lowest BCUT2D eigenvalue weighted by Crippen LogP contribution is -2.47. The standard InChI is InChI=1S/C19H22FNO3/c1-19(2,24-16-9-7-15(20)8-10-16)18(22)21-12-11-14-5-4-6-17(13-14)23-3/h4-10,13H,11-12H2,1-3H3,(H,21,22). The second-order valence-corrected chi connectivity index (χ2v) is 5.92. The molecule has 128 valence electrons. The Morgan fingerprint density at radius 2 is 1.83 bits per heavy atom. The summed E-state index contributed by atoms with van der Waals surface area (Å²) in [6.45, 7) is 3.84. The zero-order chi connectivity index (χ0) is 17.6. The first-order valence-electron chi connectivity index (χ1n) is 7.76. The molecule has 0 unspecified atom stereocenters. The van der Waals surface area contributed by atoms with Gasteiger partial charge in [0, 0.05) is 6.54 Å². The van der Waals surface area contributed by atoms with Crippen molar-refractivity contribution >= 4 is 5.91 Å². The number of carbonyl (C=O) groups excluding carboxylic acids is 1. The van der Waals surface area contributed by atoms with Crippen LogP contribution in [0, 0.1) is 5.82 Å². The SMILES string of the molecule is COc1cccc(CCNC(=O)C(C)(C)Oc2ccc(F)cc2)c1. The highest BCUT2D eigenvalue weighted by molar-refractivity contribution is 5.84. The van der Waals surface area contributed by atoms with Gasteiger partial charge in [-0.05, 0) is 62.2 Å². The second kappa shape index (κ2) is 7.81. The highest BCUT2D eigenvalue weighted by Gasteiger charge is 2.29. The van der Waals surface area contributed by atoms with E-state index in [4.69, 9.17) is 9.47 Å². The first-order chi connectivity index (χ1) is 11.4. The zero-order valence-corrected chi connectivity index (χ0v) is 14.1. The molecule has 2 rings (SSSR count). The van der Waals surface area contributed by atoms with E-state index in [1.807, 2.05) is 24.3 Å². The van der Waals surface area contributed by atoms with Gasteiger partial charge in [0.05, 0.1) is 7.11 Å². The van der Waals surface area contributed by atoms with Crippen molar-refractivity contribution in [2.45, 2.75) is 25.9 Å². The summed E-state index contributed by atoms with van der Waals surface area (Å²) in [4.78, 5) is 12.3. The molecule has 5 heteroatoms. The maximum atomic E-state index is 12.9. The summed E-state index contributed by atoms with van der Waals surface area (Å²) in [6, 6.07) is 13.3. The number of amides is 1. The van der Waals surface area contributed by atoms with Crippen LogP contribution in [0.4, 0.5) is 4.39 Å². The molecule has 0 aromatic heterocycles. The van der Waals surface area contributed by atoms with Gasteiger partial charge < -0.3 is 14.8 Å². The van der Waals surface area contributed by atoms with Gasteiger partial charge in [0.25, 0.3) is 5.91 Å². The Labute approximate surface area is 141 Å². The molecule has 0 spiro atoms. The fourth-order valence-electron chi connectivity index (χ4n) is 2.20. The number of ether oxygens (including phenoxy) is 2. The predicted octanol–water partition coefficient (Wildman–Crippen LogP) is 3.35. The molecule has 0 heterocycles. The molecule has 2 aromatic carbocycles. The third-order valence-corrected chi connectivity index (χ3v) is 3.57. The summed E-state index contributed by atoms with van der Waals surface area (Å²) in [6.07, 6.45) is 0.690. The molecule has 0 saturated heterocycles. The van der Waals surface area contributed by atoms with E-state index in [1.165, 1.54) is 24.3 Å². The maximum Gasteiger partial charge on any atom is 0.263 e. The highest BCUT2D eigenvalue weighted by atomic mass is 19.1. The molecular weight excluding hydrogens is 309 g/mol. The van der Waals surface area contributed by atoms with E-state index in [1.54, 1.807) is 21.0 Å². The van der Waals surface area contributed by atoms with Crippen molar-refractivity contribution < 1.29 is 18.7 Å². The first kappa shape index (κ1) is 17.8. The average molecular weight is 331 g/mol. The van der Waals surface area contributed by atoms with E-state index in [2.05, 4.69) is 5.32 Å². The number of halogens is 1. The summed E-state index contributed by atoms with van der Waals surface area (Å²) in [5, 5.41) is 2.86. The smallest absolute Gasteiger partial charge is 0.263 e. The van der Waals surface area contributed by atoms with E-state index in [0.29, 0.717) is 18.7 Å². The fraction of sp³-hybridized carbons (Fsp3) is 0.316. The zero-order valence-electron chi connectivity index (χ0n) is 14.1. The quantitative estimate of drug-likeness (QED) is 0.846. The topological polar surface area (TPSA) is 47.6 Å². The van der Waals surface area contributed by atoms with Crippen LogP contribution in [-0.2, 0) is 11.2 Å². The minimum atomic E-state index is -1.05. The molecule has 4 nitrogen and oxygen atoms in total. The summed E-state index contributed by atoms with van der Waals surface area (Å²) < 4.78 is 23.8. The van der Waals surface area contributed by atoms with Crippen LogP contribution < -0.4 is 14.8 Å². The van der Waals surface area contributed by atoms with E-state index in [9.17, 15) is 9.18 Å². The molecule has 24 heavy (non-hydrogen) atoms. The molecule has 0 radical (unpaired) electrons. The van der Waals surface area contributed by atoms with E-state index >= 15 is 0 Å². The molecule has 1 amide bonds. The van der Waals surface area contributed by atoms with Crippen LogP contribution in [-0.4, -0.2) is 25.2 Å². The number of benzene rings is 2. The van der Waals surface area contributed by atoms with Gasteiger partial charge in [0.1, 0.15) is 17.3 Å². The summed E-state index contributed by atoms with van der Waals surface area (Å²) in [7, 11) is 1.62. The van der Waals surface area contributed by atoms with Crippen molar-refractivity contribution in [2.24, 2.45) is 0 Å². The molecule has 0 aliphatic rings. The fourth-order valence-corrected chi connectivity index (χ4v) is 2.20. The molecule has 2 aromatic rings. The molecule has 0 aliphatic heterocycles. The number of nitrogens with one attached hydrogen (secondary N) is 1. The predicted molar refractivity (Wildman–Crippen MR) is 90.8 cm³/mol. The Morgan fingerprint density at radius 1 is 1.12 bits per heavy atom. The third kappa shape index (κ3) is 4.98. The van der Waals surface area contributed by atoms with Crippen molar-refractivity contribution in [2.75, 3.05) is 13.7 Å². The normalized spacial score (nSPS) is 11.0. The van der Waals surface area contributed by atoms with Crippen LogP contribution in [0.25, 0.3) is 0 Å². The number of rotatable bonds is 7. The summed E-state index contributed by atoms with van der Waals surface area (Å²) in [5.41, 5.74) is 0.0264. The van der Waals surface area contributed by atoms with Crippen molar-refractivity contribution in [3.8, 4) is 11.5 Å². The van der Waals surface area contributed by atoms with Gasteiger partial charge in [-0.3, -0.25) is 4.79 Å². The number of hydrogen-bond acceptors (Lipinski definition) is 3. The molecule has 0 aliphatic carbocycles. The van der Waals surface area contributed by atoms with Gasteiger partial charge in [0.2, 0.25) is 0 Å². The maximum absolute atomic E-state index is 12.9. The Balaban J connectivity index is 1.87. The van der Waals surface area contributed by atoms with Crippen LogP contribution >= 0.6 is 0 Å². The minimum absolute atomic E-state index is 0.227. The van der Waals surface area contributed by atoms with Gasteiger partial charge in [-0.1, -0.05) is 12.1 Å². The molecule has 0 atom stereocenters. The first-order valence-corrected chi connectivity index (χ1v) is 7.76. The lowest BCUT2D eigenvalue weighted by molar-refractivity contribution is -0.134. The van der Waals surface area contributed by atoms with E-state index < -0.39 is 5.60 Å². The van der Waals surface area contributed by atoms with Crippen LogP contribution in [0.15, 0.2) is 48.5 Å². The van der Waals surface area contributed by atoms with Gasteiger partial charge >= 0.3 is 0 Å². The van der Waals surface area contributed by atoms with Crippen molar-refractivity contribution in [3.63, 3.8) is 0 Å². The monoisotopic (exact) mass is 331 g/mol. The number of hydrogen-bond donors (Lipinski definition) is 1. The van der Waals surface area contributed by atoms with Crippen molar-refractivity contribution in [1.29, 1.82) is 0 Å². The van der Waals surface area contributed by atoms with Gasteiger partial charge in [-0.25, -0.2) is 4.39 Å². The Kier molecular flexibility index (Phi) is 5.79. The minimum Gasteiger partial charge on any atom is -0.497 e. The average Bonchev–Trinajstić information content (AvgIpc) is 2.57. The Bertz CT molecular complexity index is 683. The number of methoxy groups -OCH3 is 1. The molecule has 0 saturated carbocycles. The molecular formula is C19H22FNO3. The van der Waals surface area contributed by atoms with Gasteiger partial charge in [-0.2, -0.15) is 0 Å². The van der Waals surface area contributed by atoms with E-state index in [-0.39, 0.29) is 11.7 Å². The summed E-state index contributed by atoms with van der Waals surface area (Å²) in [5.74, 6) is 0.667. The Morgan fingerprint density at radius 3 is 2.50 bits per heavy atom. The Hall–Kier alpha value is -2.56. The van der Waals surface area contributed by atoms with Crippen LogP contribution in [0.5, 0.6) is 11.5 Å². The van der Waals surface area contributed by atoms with Crippen LogP contribution in [0.1, 0.15) is 19.4 Å². The van der Waals surface area contributed by atoms with Crippen molar-refractivity contribution in [3.05, 3.63) is 59.9 Å². The number of carbonyl (C=O) groups is 1. The van der Waals surface area contributed by atoms with Gasteiger partial charge in [0.15, 0.2) is 5.60 Å². The third-order valence-electron chi connectivity index (χ3n) is 3.57. The van der Waals surface area contributed by atoms with Crippen LogP contribution in [0.3, 0.4) is 0 Å². The molecule has 0 bridgehead atoms. The molecule has 1 N–H and O–H groups in total. The largest absolute Gasteiger partial charge is 0.497 e. The molecule has 0 fully saturated rings.